The molecular weight excluding hydrogens is 218 g/mol. The third-order valence-corrected chi connectivity index (χ3v) is 4.12. The van der Waals surface area contributed by atoms with Crippen LogP contribution in [0.1, 0.15) is 23.6 Å². The molecule has 1 nitrogen and oxygen atoms in total. The Kier molecular flexibility index (Phi) is 1.75. The van der Waals surface area contributed by atoms with Gasteiger partial charge < -0.3 is 0 Å². The van der Waals surface area contributed by atoms with E-state index in [2.05, 4.69) is 67.6 Å². The summed E-state index contributed by atoms with van der Waals surface area (Å²) >= 11 is 0. The van der Waals surface area contributed by atoms with Gasteiger partial charge in [-0.05, 0) is 35.8 Å². The highest BCUT2D eigenvalue weighted by Gasteiger charge is 2.41. The Morgan fingerprint density at radius 3 is 2.44 bits per heavy atom. The van der Waals surface area contributed by atoms with Gasteiger partial charge >= 0.3 is 0 Å². The first kappa shape index (κ1) is 9.84. The minimum absolute atomic E-state index is 0.0814. The molecule has 2 aliphatic rings. The van der Waals surface area contributed by atoms with E-state index < -0.39 is 0 Å². The lowest BCUT2D eigenvalue weighted by atomic mass is 9.69. The van der Waals surface area contributed by atoms with Gasteiger partial charge in [0, 0.05) is 0 Å². The van der Waals surface area contributed by atoms with Crippen LogP contribution >= 0.6 is 0 Å². The van der Waals surface area contributed by atoms with Crippen molar-refractivity contribution in [2.24, 2.45) is 4.99 Å². The van der Waals surface area contributed by atoms with Gasteiger partial charge in [-0.15, -0.1) is 0 Å². The van der Waals surface area contributed by atoms with E-state index in [1.165, 1.54) is 16.7 Å². The first-order chi connectivity index (χ1) is 8.80. The van der Waals surface area contributed by atoms with Gasteiger partial charge in [0.2, 0.25) is 0 Å². The Morgan fingerprint density at radius 1 is 0.833 bits per heavy atom. The second-order valence-electron chi connectivity index (χ2n) is 5.06. The van der Waals surface area contributed by atoms with Crippen molar-refractivity contribution < 1.29 is 0 Å². The third kappa shape index (κ3) is 1.04. The summed E-state index contributed by atoms with van der Waals surface area (Å²) in [5.74, 6) is 0. The zero-order valence-electron chi connectivity index (χ0n) is 10.2. The summed E-state index contributed by atoms with van der Waals surface area (Å²) < 4.78 is 0. The summed E-state index contributed by atoms with van der Waals surface area (Å²) in [6.45, 7) is 2.28. The lowest BCUT2D eigenvalue weighted by molar-refractivity contribution is 0.791. The Balaban J connectivity index is 2.09. The summed E-state index contributed by atoms with van der Waals surface area (Å²) in [5.41, 5.74) is 6.16. The van der Waals surface area contributed by atoms with E-state index in [1.54, 1.807) is 0 Å². The van der Waals surface area contributed by atoms with Crippen molar-refractivity contribution in [3.05, 3.63) is 71.3 Å². The summed E-state index contributed by atoms with van der Waals surface area (Å²) in [6, 6.07) is 17.1. The fourth-order valence-corrected chi connectivity index (χ4v) is 3.13. The molecule has 0 N–H and O–H groups in total. The average molecular weight is 231 g/mol. The normalized spacial score (nSPS) is 23.1. The molecule has 0 saturated heterocycles. The van der Waals surface area contributed by atoms with Crippen molar-refractivity contribution in [2.45, 2.75) is 12.3 Å². The van der Waals surface area contributed by atoms with Crippen molar-refractivity contribution in [3.8, 4) is 0 Å². The molecule has 0 spiro atoms. The molecule has 1 unspecified atom stereocenters. The molecule has 2 aromatic carbocycles. The summed E-state index contributed by atoms with van der Waals surface area (Å²) in [7, 11) is 0. The Labute approximate surface area is 107 Å². The van der Waals surface area contributed by atoms with Crippen LogP contribution in [0.2, 0.25) is 0 Å². The van der Waals surface area contributed by atoms with E-state index in [0.717, 1.165) is 11.4 Å². The molecular formula is C17H13N. The van der Waals surface area contributed by atoms with Crippen molar-refractivity contribution in [2.75, 3.05) is 0 Å². The van der Waals surface area contributed by atoms with Crippen molar-refractivity contribution in [1.82, 2.24) is 0 Å². The predicted molar refractivity (Wildman–Crippen MR) is 75.5 cm³/mol. The fourth-order valence-electron chi connectivity index (χ4n) is 3.13. The molecule has 1 aliphatic carbocycles. The molecule has 2 aromatic rings. The van der Waals surface area contributed by atoms with Crippen LogP contribution in [0.5, 0.6) is 0 Å². The number of aliphatic imine (C=N–C) groups is 1. The van der Waals surface area contributed by atoms with Gasteiger partial charge in [0.25, 0.3) is 0 Å². The van der Waals surface area contributed by atoms with Gasteiger partial charge in [-0.2, -0.15) is 0 Å². The predicted octanol–water partition coefficient (Wildman–Crippen LogP) is 4.11. The molecule has 1 heterocycles. The highest BCUT2D eigenvalue weighted by molar-refractivity contribution is 6.15. The average Bonchev–Trinajstić information content (AvgIpc) is 2.73. The molecule has 1 atom stereocenters. The second kappa shape index (κ2) is 3.20. The lowest BCUT2D eigenvalue weighted by Crippen LogP contribution is -2.32. The second-order valence-corrected chi connectivity index (χ2v) is 5.06. The first-order valence-corrected chi connectivity index (χ1v) is 6.26. The Bertz CT molecular complexity index is 703. The summed E-state index contributed by atoms with van der Waals surface area (Å²) in [5, 5.41) is 0. The van der Waals surface area contributed by atoms with Crippen LogP contribution in [0.4, 0.5) is 5.69 Å². The molecule has 0 bridgehead atoms. The van der Waals surface area contributed by atoms with Gasteiger partial charge in [-0.3, -0.25) is 4.99 Å². The number of fused-ring (bicyclic) bond motifs is 5. The highest BCUT2D eigenvalue weighted by Crippen LogP contribution is 2.47. The topological polar surface area (TPSA) is 12.4 Å². The Morgan fingerprint density at radius 2 is 1.56 bits per heavy atom. The minimum atomic E-state index is -0.0814. The molecule has 1 heteroatoms. The van der Waals surface area contributed by atoms with Crippen LogP contribution in [-0.4, -0.2) is 5.71 Å². The maximum atomic E-state index is 4.77. The highest BCUT2D eigenvalue weighted by atomic mass is 14.8. The van der Waals surface area contributed by atoms with E-state index >= 15 is 0 Å². The lowest BCUT2D eigenvalue weighted by Gasteiger charge is -2.31. The first-order valence-electron chi connectivity index (χ1n) is 6.26. The molecule has 0 aromatic heterocycles. The molecule has 4 rings (SSSR count). The maximum absolute atomic E-state index is 4.77. The van der Waals surface area contributed by atoms with Gasteiger partial charge in [0.1, 0.15) is 0 Å². The number of hydrogen-bond acceptors (Lipinski definition) is 1. The van der Waals surface area contributed by atoms with Crippen LogP contribution in [0.25, 0.3) is 6.08 Å². The summed E-state index contributed by atoms with van der Waals surface area (Å²) in [6.07, 6.45) is 4.32. The number of benzene rings is 2. The summed E-state index contributed by atoms with van der Waals surface area (Å²) in [4.78, 5) is 4.77. The fraction of sp³-hybridized carbons (Fsp3) is 0.118. The molecule has 1 aliphatic heterocycles. The van der Waals surface area contributed by atoms with Crippen molar-refractivity contribution >= 4 is 17.5 Å². The number of hydrogen-bond donors (Lipinski definition) is 0. The van der Waals surface area contributed by atoms with Crippen molar-refractivity contribution in [1.29, 1.82) is 0 Å². The van der Waals surface area contributed by atoms with Crippen LogP contribution < -0.4 is 0 Å². The van der Waals surface area contributed by atoms with Crippen LogP contribution in [0.3, 0.4) is 0 Å². The van der Waals surface area contributed by atoms with Crippen LogP contribution in [-0.2, 0) is 5.41 Å². The van der Waals surface area contributed by atoms with Gasteiger partial charge in [0.15, 0.2) is 0 Å². The SMILES string of the molecule is CC12C(=Nc3ccccc31)C=Cc1ccccc12. The smallest absolute Gasteiger partial charge is 0.0678 e. The third-order valence-electron chi connectivity index (χ3n) is 4.12. The molecule has 0 radical (unpaired) electrons. The Hall–Kier alpha value is -2.15. The van der Waals surface area contributed by atoms with Gasteiger partial charge in [0.05, 0.1) is 16.8 Å². The minimum Gasteiger partial charge on any atom is -0.252 e. The standard InChI is InChI=1S/C17H13N/c1-17-13-7-3-2-6-12(13)10-11-16(17)18-15-9-5-4-8-14(15)17/h2-11H,1H3. The molecule has 18 heavy (non-hydrogen) atoms. The largest absolute Gasteiger partial charge is 0.252 e. The zero-order chi connectivity index (χ0) is 12.2. The number of para-hydroxylation sites is 1. The van der Waals surface area contributed by atoms with Crippen LogP contribution in [0, 0.1) is 0 Å². The van der Waals surface area contributed by atoms with E-state index in [9.17, 15) is 0 Å². The molecule has 0 saturated carbocycles. The van der Waals surface area contributed by atoms with E-state index in [4.69, 9.17) is 4.99 Å². The molecule has 0 fully saturated rings. The van der Waals surface area contributed by atoms with E-state index in [-0.39, 0.29) is 5.41 Å². The molecule has 86 valence electrons. The van der Waals surface area contributed by atoms with Crippen LogP contribution in [0.15, 0.2) is 59.6 Å². The van der Waals surface area contributed by atoms with Gasteiger partial charge in [-0.25, -0.2) is 0 Å². The monoisotopic (exact) mass is 231 g/mol. The quantitative estimate of drug-likeness (QED) is 0.647. The van der Waals surface area contributed by atoms with E-state index in [0.29, 0.717) is 0 Å². The molecule has 0 amide bonds. The number of rotatable bonds is 0. The maximum Gasteiger partial charge on any atom is 0.0678 e. The van der Waals surface area contributed by atoms with Gasteiger partial charge in [-0.1, -0.05) is 48.5 Å². The van der Waals surface area contributed by atoms with E-state index in [1.807, 2.05) is 0 Å². The number of nitrogens with zero attached hydrogens (tertiary/aromatic N) is 1. The number of allylic oxidation sites excluding steroid dienone is 1. The van der Waals surface area contributed by atoms with Crippen molar-refractivity contribution in [3.63, 3.8) is 0 Å². The zero-order valence-corrected chi connectivity index (χ0v) is 10.2.